The van der Waals surface area contributed by atoms with Gasteiger partial charge in [-0.2, -0.15) is 8.42 Å². The van der Waals surface area contributed by atoms with Crippen LogP contribution in [0.1, 0.15) is 33.3 Å². The maximum atomic E-state index is 12.5. The van der Waals surface area contributed by atoms with Crippen LogP contribution in [0.2, 0.25) is 18.1 Å². The fraction of sp³-hybridized carbons (Fsp3) is 0.611. The minimum atomic E-state index is -3.96. The Bertz CT molecular complexity index is 768. The number of rotatable bonds is 6. The maximum absolute atomic E-state index is 12.5. The molecule has 8 heteroatoms. The van der Waals surface area contributed by atoms with Gasteiger partial charge >= 0.3 is 0 Å². The van der Waals surface area contributed by atoms with E-state index in [4.69, 9.17) is 8.61 Å². The highest BCUT2D eigenvalue weighted by molar-refractivity contribution is 7.86. The van der Waals surface area contributed by atoms with Crippen LogP contribution in [-0.4, -0.2) is 35.0 Å². The minimum absolute atomic E-state index is 0.00812. The van der Waals surface area contributed by atoms with Crippen LogP contribution in [0.3, 0.4) is 0 Å². The summed E-state index contributed by atoms with van der Waals surface area (Å²) in [5, 5.41) is 2.52. The molecule has 0 aliphatic carbocycles. The molecule has 1 aromatic rings. The van der Waals surface area contributed by atoms with Crippen LogP contribution in [0, 0.1) is 12.8 Å². The molecule has 26 heavy (non-hydrogen) atoms. The molecule has 3 atom stereocenters. The van der Waals surface area contributed by atoms with Gasteiger partial charge in [0.1, 0.15) is 5.92 Å². The summed E-state index contributed by atoms with van der Waals surface area (Å²) in [5.41, 5.74) is 0.954. The zero-order valence-electron chi connectivity index (χ0n) is 16.5. The average Bonchev–Trinajstić information content (AvgIpc) is 2.44. The van der Waals surface area contributed by atoms with Crippen molar-refractivity contribution < 1.29 is 21.8 Å². The highest BCUT2D eigenvalue weighted by Gasteiger charge is 2.49. The highest BCUT2D eigenvalue weighted by Crippen LogP contribution is 2.39. The number of aryl methyl sites for hydroxylation is 1. The Hall–Kier alpha value is -1.22. The minimum Gasteiger partial charge on any atom is -0.413 e. The van der Waals surface area contributed by atoms with Crippen molar-refractivity contribution in [3.63, 3.8) is 0 Å². The topological polar surface area (TPSA) is 81.7 Å². The van der Waals surface area contributed by atoms with E-state index in [0.29, 0.717) is 0 Å². The van der Waals surface area contributed by atoms with E-state index in [0.717, 1.165) is 5.56 Å². The lowest BCUT2D eigenvalue weighted by molar-refractivity contribution is -0.150. The summed E-state index contributed by atoms with van der Waals surface area (Å²) in [4.78, 5) is 12.1. The molecule has 6 nitrogen and oxygen atoms in total. The molecule has 1 heterocycles. The van der Waals surface area contributed by atoms with Gasteiger partial charge in [0.25, 0.3) is 10.1 Å². The molecule has 2 rings (SSSR count). The third-order valence-electron chi connectivity index (χ3n) is 5.25. The van der Waals surface area contributed by atoms with Crippen LogP contribution in [0.5, 0.6) is 0 Å². The lowest BCUT2D eigenvalue weighted by atomic mass is 9.94. The van der Waals surface area contributed by atoms with E-state index >= 15 is 0 Å². The number of benzene rings is 1. The van der Waals surface area contributed by atoms with Gasteiger partial charge in [0.15, 0.2) is 14.5 Å². The van der Waals surface area contributed by atoms with Crippen LogP contribution < -0.4 is 5.32 Å². The zero-order chi connectivity index (χ0) is 19.9. The van der Waals surface area contributed by atoms with Gasteiger partial charge in [0.05, 0.1) is 11.0 Å². The number of hydrogen-bond donors (Lipinski definition) is 1. The number of β-lactam (4-membered cyclic amide) rings is 1. The Morgan fingerprint density at radius 1 is 1.15 bits per heavy atom. The average molecular weight is 400 g/mol. The lowest BCUT2D eigenvalue weighted by Gasteiger charge is -2.44. The quantitative estimate of drug-likeness (QED) is 0.451. The maximum Gasteiger partial charge on any atom is 0.298 e. The predicted molar refractivity (Wildman–Crippen MR) is 103 cm³/mol. The number of hydrogen-bond acceptors (Lipinski definition) is 5. The van der Waals surface area contributed by atoms with Gasteiger partial charge in [-0.3, -0.25) is 4.79 Å². The summed E-state index contributed by atoms with van der Waals surface area (Å²) in [6, 6.07) is 6.40. The van der Waals surface area contributed by atoms with E-state index < -0.39 is 36.7 Å². The molecule has 146 valence electrons. The van der Waals surface area contributed by atoms with Gasteiger partial charge in [-0.1, -0.05) is 38.5 Å². The Kier molecular flexibility index (Phi) is 5.73. The summed E-state index contributed by atoms with van der Waals surface area (Å²) in [6.45, 7) is 14.2. The third-order valence-corrected chi connectivity index (χ3v) is 11.1. The van der Waals surface area contributed by atoms with E-state index in [2.05, 4.69) is 39.2 Å². The fourth-order valence-electron chi connectivity index (χ4n) is 2.52. The second-order valence-corrected chi connectivity index (χ2v) is 14.7. The van der Waals surface area contributed by atoms with Crippen LogP contribution >= 0.6 is 0 Å². The van der Waals surface area contributed by atoms with E-state index in [9.17, 15) is 13.2 Å². The first-order valence-electron chi connectivity index (χ1n) is 8.73. The van der Waals surface area contributed by atoms with E-state index in [1.807, 2.05) is 6.92 Å². The molecule has 3 unspecified atom stereocenters. The molecule has 0 saturated carbocycles. The van der Waals surface area contributed by atoms with Gasteiger partial charge in [-0.15, -0.1) is 0 Å². The molecular weight excluding hydrogens is 370 g/mol. The molecule has 0 aromatic heterocycles. The van der Waals surface area contributed by atoms with Crippen molar-refractivity contribution >= 4 is 24.3 Å². The van der Waals surface area contributed by atoms with Crippen LogP contribution in [0.4, 0.5) is 0 Å². The van der Waals surface area contributed by atoms with Crippen molar-refractivity contribution in [1.82, 2.24) is 5.32 Å². The Balaban J connectivity index is 2.11. The number of carbonyl (C=O) groups is 1. The molecular formula is C18H29NO5SSi. The molecule has 0 spiro atoms. The molecule has 0 radical (unpaired) electrons. The summed E-state index contributed by atoms with van der Waals surface area (Å²) in [5.74, 6) is -0.898. The summed E-state index contributed by atoms with van der Waals surface area (Å²) in [7, 11) is -6.04. The largest absolute Gasteiger partial charge is 0.413 e. The standard InChI is InChI=1S/C18H29NO5SSi/c1-12-8-10-14(11-9-12)25(21,22)23-17-15(16(20)19-17)13(2)24-26(6,7)18(3,4)5/h8-11,13,15,17H,1-7H3,(H,19,20). The van der Waals surface area contributed by atoms with Crippen molar-refractivity contribution in [2.45, 2.75) is 70.0 Å². The molecule has 1 amide bonds. The predicted octanol–water partition coefficient (Wildman–Crippen LogP) is 3.18. The normalized spacial score (nSPS) is 22.5. The van der Waals surface area contributed by atoms with Crippen LogP contribution in [0.15, 0.2) is 29.2 Å². The van der Waals surface area contributed by atoms with Gasteiger partial charge in [0, 0.05) is 0 Å². The third kappa shape index (κ3) is 4.36. The highest BCUT2D eigenvalue weighted by atomic mass is 32.2. The fourth-order valence-corrected chi connectivity index (χ4v) is 4.97. The monoisotopic (exact) mass is 399 g/mol. The van der Waals surface area contributed by atoms with Gasteiger partial charge in [-0.25, -0.2) is 4.18 Å². The first-order chi connectivity index (χ1) is 11.7. The van der Waals surface area contributed by atoms with Gasteiger partial charge in [-0.05, 0) is 44.1 Å². The molecule has 0 bridgehead atoms. The number of amides is 1. The first kappa shape index (κ1) is 21.1. The van der Waals surface area contributed by atoms with Crippen molar-refractivity contribution in [2.75, 3.05) is 0 Å². The van der Waals surface area contributed by atoms with E-state index in [1.165, 1.54) is 12.1 Å². The van der Waals surface area contributed by atoms with Crippen molar-refractivity contribution in [2.24, 2.45) is 5.92 Å². The molecule has 1 fully saturated rings. The van der Waals surface area contributed by atoms with Crippen LogP contribution in [0.25, 0.3) is 0 Å². The van der Waals surface area contributed by atoms with Crippen molar-refractivity contribution in [3.05, 3.63) is 29.8 Å². The lowest BCUT2D eigenvalue weighted by Crippen LogP contribution is -2.65. The number of carbonyl (C=O) groups excluding carboxylic acids is 1. The smallest absolute Gasteiger partial charge is 0.298 e. The SMILES string of the molecule is Cc1ccc(S(=O)(=O)OC2NC(=O)C2C(C)O[Si](C)(C)C(C)(C)C)cc1. The molecule has 1 saturated heterocycles. The molecule has 1 aromatic carbocycles. The zero-order valence-corrected chi connectivity index (χ0v) is 18.3. The first-order valence-corrected chi connectivity index (χ1v) is 13.0. The number of nitrogens with one attached hydrogen (secondary N) is 1. The molecule has 1 aliphatic rings. The van der Waals surface area contributed by atoms with Gasteiger partial charge < -0.3 is 9.74 Å². The Labute approximate surface area is 157 Å². The van der Waals surface area contributed by atoms with Crippen molar-refractivity contribution in [3.8, 4) is 0 Å². The Morgan fingerprint density at radius 3 is 2.15 bits per heavy atom. The van der Waals surface area contributed by atoms with E-state index in [1.54, 1.807) is 19.1 Å². The second-order valence-electron chi connectivity index (χ2n) is 8.40. The van der Waals surface area contributed by atoms with Gasteiger partial charge in [0.2, 0.25) is 5.91 Å². The molecule has 1 N–H and O–H groups in total. The van der Waals surface area contributed by atoms with E-state index in [-0.39, 0.29) is 15.8 Å². The van der Waals surface area contributed by atoms with Crippen LogP contribution in [-0.2, 0) is 23.5 Å². The van der Waals surface area contributed by atoms with Crippen molar-refractivity contribution in [1.29, 1.82) is 0 Å². The second kappa shape index (κ2) is 7.07. The summed E-state index contributed by atoms with van der Waals surface area (Å²) in [6.07, 6.45) is -1.34. The Morgan fingerprint density at radius 2 is 1.69 bits per heavy atom. The summed E-state index contributed by atoms with van der Waals surface area (Å²) >= 11 is 0. The molecule has 1 aliphatic heterocycles. The summed E-state index contributed by atoms with van der Waals surface area (Å²) < 4.78 is 36.4.